The molecule has 1 fully saturated rings. The maximum atomic E-state index is 11.6. The number of hydrogen-bond acceptors (Lipinski definition) is 3. The number of fused-ring (bicyclic) bond motifs is 1. The third-order valence-corrected chi connectivity index (χ3v) is 5.20. The van der Waals surface area contributed by atoms with Crippen molar-refractivity contribution in [3.63, 3.8) is 0 Å². The molecule has 2 N–H and O–H groups in total. The van der Waals surface area contributed by atoms with E-state index < -0.39 is 5.97 Å². The van der Waals surface area contributed by atoms with Gasteiger partial charge in [0.15, 0.2) is 0 Å². The molecular weight excluding hydrogens is 302 g/mol. The number of nitrogens with zero attached hydrogens (tertiary/aromatic N) is 2. The molecule has 5 heteroatoms. The maximum absolute atomic E-state index is 11.6. The number of aromatic nitrogens is 1. The highest BCUT2D eigenvalue weighted by molar-refractivity contribution is 6.04. The van der Waals surface area contributed by atoms with Crippen LogP contribution in [-0.2, 0) is 13.5 Å². The third-order valence-electron chi connectivity index (χ3n) is 5.20. The van der Waals surface area contributed by atoms with Gasteiger partial charge in [-0.1, -0.05) is 0 Å². The van der Waals surface area contributed by atoms with E-state index in [0.717, 1.165) is 62.0 Å². The largest absolute Gasteiger partial charge is 0.478 e. The number of carboxylic acid groups (broad SMARTS) is 1. The zero-order valence-corrected chi connectivity index (χ0v) is 14.9. The van der Waals surface area contributed by atoms with Gasteiger partial charge in [-0.15, -0.1) is 0 Å². The van der Waals surface area contributed by atoms with Crippen LogP contribution < -0.4 is 5.32 Å². The van der Waals surface area contributed by atoms with Gasteiger partial charge in [-0.05, 0) is 56.5 Å². The molecule has 0 amide bonds. The number of benzene rings is 1. The number of piperazine rings is 1. The molecule has 0 atom stereocenters. The van der Waals surface area contributed by atoms with E-state index in [4.69, 9.17) is 0 Å². The van der Waals surface area contributed by atoms with Crippen molar-refractivity contribution >= 4 is 16.9 Å². The van der Waals surface area contributed by atoms with Gasteiger partial charge in [0.1, 0.15) is 0 Å². The summed E-state index contributed by atoms with van der Waals surface area (Å²) in [4.78, 5) is 14.1. The van der Waals surface area contributed by atoms with Crippen LogP contribution in [0.3, 0.4) is 0 Å². The summed E-state index contributed by atoms with van der Waals surface area (Å²) in [7, 11) is 1.97. The Morgan fingerprint density at radius 1 is 1.25 bits per heavy atom. The molecule has 130 valence electrons. The summed E-state index contributed by atoms with van der Waals surface area (Å²) in [5.74, 6) is -0.850. The highest BCUT2D eigenvalue weighted by Gasteiger charge is 2.19. The summed E-state index contributed by atoms with van der Waals surface area (Å²) in [6.45, 7) is 9.57. The summed E-state index contributed by atoms with van der Waals surface area (Å²) in [5.41, 5.74) is 4.74. The van der Waals surface area contributed by atoms with Gasteiger partial charge in [0.2, 0.25) is 0 Å². The smallest absolute Gasteiger partial charge is 0.337 e. The first-order valence-corrected chi connectivity index (χ1v) is 8.74. The highest BCUT2D eigenvalue weighted by Crippen LogP contribution is 2.30. The molecule has 0 aliphatic carbocycles. The summed E-state index contributed by atoms with van der Waals surface area (Å²) < 4.78 is 2.04. The predicted molar refractivity (Wildman–Crippen MR) is 97.0 cm³/mol. The molecule has 0 radical (unpaired) electrons. The lowest BCUT2D eigenvalue weighted by Crippen LogP contribution is -2.43. The minimum Gasteiger partial charge on any atom is -0.478 e. The van der Waals surface area contributed by atoms with Gasteiger partial charge in [0.05, 0.1) is 11.1 Å². The average Bonchev–Trinajstić information content (AvgIpc) is 2.79. The van der Waals surface area contributed by atoms with Gasteiger partial charge in [-0.3, -0.25) is 0 Å². The second-order valence-electron chi connectivity index (χ2n) is 6.83. The molecule has 1 saturated heterocycles. The average molecular weight is 329 g/mol. The molecule has 0 bridgehead atoms. The molecule has 2 aromatic rings. The highest BCUT2D eigenvalue weighted by atomic mass is 16.4. The van der Waals surface area contributed by atoms with Crippen LogP contribution in [0.5, 0.6) is 0 Å². The summed E-state index contributed by atoms with van der Waals surface area (Å²) >= 11 is 0. The fourth-order valence-corrected chi connectivity index (χ4v) is 3.83. The topological polar surface area (TPSA) is 57.5 Å². The minimum atomic E-state index is -0.850. The molecule has 2 heterocycles. The van der Waals surface area contributed by atoms with Crippen molar-refractivity contribution in [1.82, 2.24) is 14.8 Å². The lowest BCUT2D eigenvalue weighted by Gasteiger charge is -2.27. The molecule has 0 spiro atoms. The summed E-state index contributed by atoms with van der Waals surface area (Å²) in [5, 5.41) is 14.0. The number of rotatable bonds is 5. The van der Waals surface area contributed by atoms with Crippen LogP contribution in [0.15, 0.2) is 12.1 Å². The van der Waals surface area contributed by atoms with Crippen LogP contribution >= 0.6 is 0 Å². The van der Waals surface area contributed by atoms with E-state index in [-0.39, 0.29) is 0 Å². The first-order chi connectivity index (χ1) is 11.5. The Kier molecular flexibility index (Phi) is 4.92. The van der Waals surface area contributed by atoms with E-state index in [0.29, 0.717) is 5.56 Å². The maximum Gasteiger partial charge on any atom is 0.337 e. The lowest BCUT2D eigenvalue weighted by molar-refractivity contribution is 0.0698. The van der Waals surface area contributed by atoms with Gasteiger partial charge in [0.25, 0.3) is 0 Å². The Bertz CT molecular complexity index is 758. The second kappa shape index (κ2) is 6.95. The van der Waals surface area contributed by atoms with Crippen molar-refractivity contribution < 1.29 is 9.90 Å². The van der Waals surface area contributed by atoms with Crippen LogP contribution in [-0.4, -0.2) is 53.3 Å². The van der Waals surface area contributed by atoms with E-state index in [2.05, 4.69) is 23.2 Å². The molecule has 24 heavy (non-hydrogen) atoms. The molecular formula is C19H27N3O2. The Labute approximate surface area is 143 Å². The van der Waals surface area contributed by atoms with Crippen molar-refractivity contribution in [2.75, 3.05) is 32.7 Å². The molecule has 5 nitrogen and oxygen atoms in total. The quantitative estimate of drug-likeness (QED) is 0.884. The van der Waals surface area contributed by atoms with Gasteiger partial charge < -0.3 is 19.9 Å². The number of hydrogen-bond donors (Lipinski definition) is 2. The Balaban J connectivity index is 1.87. The number of aryl methyl sites for hydroxylation is 3. The van der Waals surface area contributed by atoms with E-state index in [1.165, 1.54) is 11.3 Å². The minimum absolute atomic E-state index is 0.406. The first kappa shape index (κ1) is 17.0. The van der Waals surface area contributed by atoms with Crippen LogP contribution in [0.4, 0.5) is 0 Å². The Morgan fingerprint density at radius 3 is 2.62 bits per heavy atom. The van der Waals surface area contributed by atoms with Gasteiger partial charge in [-0.2, -0.15) is 0 Å². The molecule has 1 aromatic carbocycles. The van der Waals surface area contributed by atoms with Crippen LogP contribution in [0.25, 0.3) is 10.9 Å². The first-order valence-electron chi connectivity index (χ1n) is 8.74. The van der Waals surface area contributed by atoms with E-state index in [1.54, 1.807) is 6.07 Å². The van der Waals surface area contributed by atoms with E-state index in [1.807, 2.05) is 18.5 Å². The molecule has 1 aliphatic heterocycles. The van der Waals surface area contributed by atoms with Gasteiger partial charge >= 0.3 is 5.97 Å². The number of nitrogens with one attached hydrogen (secondary N) is 1. The SMILES string of the molecule is Cc1cc(C(=O)O)c2c(c1)c(CCCN1CCNCC1)c(C)n2C. The van der Waals surface area contributed by atoms with Gasteiger partial charge in [-0.25, -0.2) is 4.79 Å². The molecule has 1 aromatic heterocycles. The molecule has 0 unspecified atom stereocenters. The van der Waals surface area contributed by atoms with Crippen molar-refractivity contribution in [2.45, 2.75) is 26.7 Å². The molecule has 1 aliphatic rings. The van der Waals surface area contributed by atoms with Crippen LogP contribution in [0, 0.1) is 13.8 Å². The molecule has 3 rings (SSSR count). The van der Waals surface area contributed by atoms with Crippen molar-refractivity contribution in [2.24, 2.45) is 7.05 Å². The zero-order valence-electron chi connectivity index (χ0n) is 14.9. The van der Waals surface area contributed by atoms with Crippen LogP contribution in [0.2, 0.25) is 0 Å². The van der Waals surface area contributed by atoms with Crippen molar-refractivity contribution in [3.8, 4) is 0 Å². The van der Waals surface area contributed by atoms with Crippen molar-refractivity contribution in [1.29, 1.82) is 0 Å². The summed E-state index contributed by atoms with van der Waals surface area (Å²) in [6.07, 6.45) is 2.10. The fraction of sp³-hybridized carbons (Fsp3) is 0.526. The normalized spacial score (nSPS) is 16.0. The van der Waals surface area contributed by atoms with Gasteiger partial charge in [0, 0.05) is 44.3 Å². The Hall–Kier alpha value is -1.85. The van der Waals surface area contributed by atoms with E-state index in [9.17, 15) is 9.90 Å². The van der Waals surface area contributed by atoms with E-state index >= 15 is 0 Å². The second-order valence-corrected chi connectivity index (χ2v) is 6.83. The predicted octanol–water partition coefficient (Wildman–Crippen LogP) is 2.33. The number of carbonyl (C=O) groups is 1. The number of carboxylic acids is 1. The molecule has 0 saturated carbocycles. The fourth-order valence-electron chi connectivity index (χ4n) is 3.83. The number of aromatic carboxylic acids is 1. The monoisotopic (exact) mass is 329 g/mol. The Morgan fingerprint density at radius 2 is 1.96 bits per heavy atom. The van der Waals surface area contributed by atoms with Crippen molar-refractivity contribution in [3.05, 3.63) is 34.5 Å². The zero-order chi connectivity index (χ0) is 17.3. The summed E-state index contributed by atoms with van der Waals surface area (Å²) in [6, 6.07) is 3.91. The standard InChI is InChI=1S/C19H27N3O2/c1-13-11-16-15(5-4-8-22-9-6-20-7-10-22)14(2)21(3)18(16)17(12-13)19(23)24/h11-12,20H,4-10H2,1-3H3,(H,23,24). The third kappa shape index (κ3) is 3.19. The van der Waals surface area contributed by atoms with Crippen LogP contribution in [0.1, 0.15) is 33.6 Å². The lowest BCUT2D eigenvalue weighted by atomic mass is 10.0.